The van der Waals surface area contributed by atoms with Crippen LogP contribution in [0.5, 0.6) is 0 Å². The average Bonchev–Trinajstić information content (AvgIpc) is 3.52. The molecule has 1 aromatic heterocycles. The summed E-state index contributed by atoms with van der Waals surface area (Å²) in [7, 11) is 0. The highest BCUT2D eigenvalue weighted by atomic mass is 32.1. The van der Waals surface area contributed by atoms with Gasteiger partial charge < -0.3 is 0 Å². The minimum Gasteiger partial charge on any atom is -0.134 e. The molecular weight excluding hydrogens is 561 g/mol. The van der Waals surface area contributed by atoms with Gasteiger partial charge in [0.2, 0.25) is 0 Å². The van der Waals surface area contributed by atoms with Crippen LogP contribution in [0.3, 0.4) is 0 Å². The second-order valence-corrected chi connectivity index (χ2v) is 13.0. The van der Waals surface area contributed by atoms with Crippen molar-refractivity contribution in [3.05, 3.63) is 158 Å². The van der Waals surface area contributed by atoms with E-state index in [0.717, 1.165) is 0 Å². The van der Waals surface area contributed by atoms with E-state index < -0.39 is 0 Å². The van der Waals surface area contributed by atoms with E-state index in [2.05, 4.69) is 158 Å². The van der Waals surface area contributed by atoms with Crippen LogP contribution in [0.25, 0.3) is 96.3 Å². The van der Waals surface area contributed by atoms with Gasteiger partial charge in [0.1, 0.15) is 0 Å². The molecule has 0 aliphatic heterocycles. The van der Waals surface area contributed by atoms with Crippen molar-refractivity contribution < 1.29 is 0 Å². The SMILES string of the molecule is c1ccc2c(c1)ccc1c(-c3ccc(-c4cccc5c4sc4c6ccccc6c6ccccc6c54)c4ccccc34)cccc12. The Morgan fingerprint density at radius 3 is 1.47 bits per heavy atom. The van der Waals surface area contributed by atoms with Gasteiger partial charge >= 0.3 is 0 Å². The smallest absolute Gasteiger partial charge is 0.0440 e. The summed E-state index contributed by atoms with van der Waals surface area (Å²) in [5.41, 5.74) is 5.13. The third-order valence-corrected chi connectivity index (χ3v) is 10.9. The molecule has 0 spiro atoms. The number of benzene rings is 9. The maximum absolute atomic E-state index is 2.35. The van der Waals surface area contributed by atoms with Gasteiger partial charge in [-0.1, -0.05) is 158 Å². The third-order valence-electron chi connectivity index (χ3n) is 9.66. The van der Waals surface area contributed by atoms with E-state index in [1.165, 1.54) is 96.3 Å². The molecule has 9 aromatic carbocycles. The summed E-state index contributed by atoms with van der Waals surface area (Å²) < 4.78 is 2.72. The highest BCUT2D eigenvalue weighted by Crippen LogP contribution is 2.48. The number of thiophene rings is 1. The third kappa shape index (κ3) is 3.53. The number of hydrogen-bond donors (Lipinski definition) is 0. The lowest BCUT2D eigenvalue weighted by Gasteiger charge is -2.15. The van der Waals surface area contributed by atoms with Gasteiger partial charge in [-0.3, -0.25) is 0 Å². The van der Waals surface area contributed by atoms with E-state index in [-0.39, 0.29) is 0 Å². The van der Waals surface area contributed by atoms with Crippen molar-refractivity contribution in [3.8, 4) is 22.3 Å². The molecule has 0 fully saturated rings. The molecule has 10 rings (SSSR count). The lowest BCUT2D eigenvalue weighted by molar-refractivity contribution is 1.68. The Bertz CT molecular complexity index is 2820. The first-order valence-corrected chi connectivity index (χ1v) is 16.3. The molecule has 0 radical (unpaired) electrons. The maximum atomic E-state index is 2.35. The summed E-state index contributed by atoms with van der Waals surface area (Å²) in [6, 6.07) is 58.3. The molecule has 45 heavy (non-hydrogen) atoms. The van der Waals surface area contributed by atoms with Crippen LogP contribution in [-0.4, -0.2) is 0 Å². The second-order valence-electron chi connectivity index (χ2n) is 12.0. The molecule has 0 aliphatic rings. The summed E-state index contributed by atoms with van der Waals surface area (Å²) in [6.45, 7) is 0. The first kappa shape index (κ1) is 24.9. The lowest BCUT2D eigenvalue weighted by Crippen LogP contribution is -1.88. The standard InChI is InChI=1S/C44H26S/c1-2-12-28-27(11-1)23-24-35-29(28)19-9-20-32(35)36-25-26-37(31-14-4-3-13-30(31)36)39-21-10-22-41-42-38-17-7-5-15-33(38)34-16-6-8-18-40(34)44(42)45-43(39)41/h1-26H. The summed E-state index contributed by atoms with van der Waals surface area (Å²) in [5.74, 6) is 0. The Balaban J connectivity index is 1.26. The van der Waals surface area contributed by atoms with Crippen LogP contribution in [0.1, 0.15) is 0 Å². The minimum atomic E-state index is 1.27. The maximum Gasteiger partial charge on any atom is 0.0440 e. The fourth-order valence-corrected chi connectivity index (χ4v) is 9.07. The predicted molar refractivity (Wildman–Crippen MR) is 198 cm³/mol. The first-order valence-electron chi connectivity index (χ1n) is 15.5. The summed E-state index contributed by atoms with van der Waals surface area (Å²) in [4.78, 5) is 0. The van der Waals surface area contributed by atoms with Gasteiger partial charge in [0.15, 0.2) is 0 Å². The number of rotatable bonds is 2. The Labute approximate surface area is 264 Å². The molecule has 1 heterocycles. The van der Waals surface area contributed by atoms with Crippen LogP contribution in [0.15, 0.2) is 158 Å². The van der Waals surface area contributed by atoms with Crippen LogP contribution in [0.4, 0.5) is 0 Å². The molecule has 0 N–H and O–H groups in total. The van der Waals surface area contributed by atoms with E-state index in [1.54, 1.807) is 0 Å². The first-order chi connectivity index (χ1) is 22.3. The van der Waals surface area contributed by atoms with E-state index in [9.17, 15) is 0 Å². The zero-order valence-electron chi connectivity index (χ0n) is 24.4. The van der Waals surface area contributed by atoms with Crippen molar-refractivity contribution in [3.63, 3.8) is 0 Å². The molecule has 0 aliphatic carbocycles. The normalized spacial score (nSPS) is 12.0. The Kier molecular flexibility index (Phi) is 5.25. The van der Waals surface area contributed by atoms with Crippen LogP contribution < -0.4 is 0 Å². The highest BCUT2D eigenvalue weighted by Gasteiger charge is 2.18. The predicted octanol–water partition coefficient (Wildman–Crippen LogP) is 13.2. The fourth-order valence-electron chi connectivity index (χ4n) is 7.68. The van der Waals surface area contributed by atoms with Gasteiger partial charge in [-0.15, -0.1) is 11.3 Å². The monoisotopic (exact) mass is 586 g/mol. The number of hydrogen-bond acceptors (Lipinski definition) is 1. The van der Waals surface area contributed by atoms with Crippen LogP contribution >= 0.6 is 11.3 Å². The zero-order chi connectivity index (χ0) is 29.5. The molecule has 10 aromatic rings. The molecule has 208 valence electrons. The van der Waals surface area contributed by atoms with E-state index >= 15 is 0 Å². The zero-order valence-corrected chi connectivity index (χ0v) is 25.2. The minimum absolute atomic E-state index is 1.27. The van der Waals surface area contributed by atoms with Crippen molar-refractivity contribution in [1.29, 1.82) is 0 Å². The highest BCUT2D eigenvalue weighted by molar-refractivity contribution is 7.27. The van der Waals surface area contributed by atoms with Crippen molar-refractivity contribution >= 4 is 85.4 Å². The molecule has 0 saturated heterocycles. The second kappa shape index (κ2) is 9.50. The largest absolute Gasteiger partial charge is 0.134 e. The molecule has 0 bridgehead atoms. The van der Waals surface area contributed by atoms with Gasteiger partial charge in [0.05, 0.1) is 0 Å². The van der Waals surface area contributed by atoms with Crippen molar-refractivity contribution in [1.82, 2.24) is 0 Å². The van der Waals surface area contributed by atoms with E-state index in [0.29, 0.717) is 0 Å². The van der Waals surface area contributed by atoms with E-state index in [4.69, 9.17) is 0 Å². The fraction of sp³-hybridized carbons (Fsp3) is 0. The quantitative estimate of drug-likeness (QED) is 0.177. The lowest BCUT2D eigenvalue weighted by atomic mass is 9.89. The average molecular weight is 587 g/mol. The molecule has 0 nitrogen and oxygen atoms in total. The Morgan fingerprint density at radius 1 is 0.244 bits per heavy atom. The van der Waals surface area contributed by atoms with Gasteiger partial charge in [-0.25, -0.2) is 0 Å². The molecule has 0 amide bonds. The summed E-state index contributed by atoms with van der Waals surface area (Å²) >= 11 is 1.94. The van der Waals surface area contributed by atoms with Gasteiger partial charge in [0.25, 0.3) is 0 Å². The molecule has 0 saturated carbocycles. The van der Waals surface area contributed by atoms with Crippen molar-refractivity contribution in [2.45, 2.75) is 0 Å². The van der Waals surface area contributed by atoms with Gasteiger partial charge in [-0.2, -0.15) is 0 Å². The van der Waals surface area contributed by atoms with Crippen LogP contribution in [-0.2, 0) is 0 Å². The van der Waals surface area contributed by atoms with Crippen LogP contribution in [0, 0.1) is 0 Å². The van der Waals surface area contributed by atoms with Crippen LogP contribution in [0.2, 0.25) is 0 Å². The summed E-state index contributed by atoms with van der Waals surface area (Å²) in [6.07, 6.45) is 0. The van der Waals surface area contributed by atoms with Gasteiger partial charge in [0, 0.05) is 31.1 Å². The molecule has 0 unspecified atom stereocenters. The number of fused-ring (bicyclic) bond motifs is 12. The Morgan fingerprint density at radius 2 is 0.711 bits per heavy atom. The Hall–Kier alpha value is -5.50. The van der Waals surface area contributed by atoms with Crippen molar-refractivity contribution in [2.24, 2.45) is 0 Å². The molecule has 0 atom stereocenters. The van der Waals surface area contributed by atoms with Crippen molar-refractivity contribution in [2.75, 3.05) is 0 Å². The summed E-state index contributed by atoms with van der Waals surface area (Å²) in [5, 5.41) is 15.8. The van der Waals surface area contributed by atoms with Gasteiger partial charge in [-0.05, 0) is 65.2 Å². The topological polar surface area (TPSA) is 0 Å². The molecular formula is C44H26S. The van der Waals surface area contributed by atoms with E-state index in [1.807, 2.05) is 11.3 Å². The molecule has 1 heteroatoms.